The molecule has 3 heteroatoms. The molecule has 0 aromatic rings. The lowest BCUT2D eigenvalue weighted by atomic mass is 9.90. The summed E-state index contributed by atoms with van der Waals surface area (Å²) < 4.78 is 5.57. The summed E-state index contributed by atoms with van der Waals surface area (Å²) in [5, 5.41) is 0. The van der Waals surface area contributed by atoms with Gasteiger partial charge in [0.1, 0.15) is 6.10 Å². The van der Waals surface area contributed by atoms with E-state index in [1.54, 1.807) is 0 Å². The van der Waals surface area contributed by atoms with Gasteiger partial charge in [0, 0.05) is 13.1 Å². The van der Waals surface area contributed by atoms with Gasteiger partial charge in [0.25, 0.3) is 0 Å². The molecule has 0 saturated carbocycles. The molecule has 16 heavy (non-hydrogen) atoms. The summed E-state index contributed by atoms with van der Waals surface area (Å²) in [7, 11) is 0. The molecule has 0 N–H and O–H groups in total. The Hall–Kier alpha value is -0.570. The standard InChI is InChI=1S/C13H25NO2/c1-5-13(3,4)12(15)16-11-7-9-14(6-2)10-8-11/h11H,5-10H2,1-4H3. The maximum atomic E-state index is 11.9. The van der Waals surface area contributed by atoms with Crippen LogP contribution in [0.3, 0.4) is 0 Å². The van der Waals surface area contributed by atoms with Gasteiger partial charge in [-0.3, -0.25) is 4.79 Å². The van der Waals surface area contributed by atoms with Crippen LogP contribution in [0, 0.1) is 5.41 Å². The third-order valence-electron chi connectivity index (χ3n) is 3.69. The van der Waals surface area contributed by atoms with Crippen molar-refractivity contribution < 1.29 is 9.53 Å². The molecule has 0 bridgehead atoms. The molecule has 0 aromatic carbocycles. The lowest BCUT2D eigenvalue weighted by molar-refractivity contribution is -0.161. The van der Waals surface area contributed by atoms with Crippen LogP contribution >= 0.6 is 0 Å². The average molecular weight is 227 g/mol. The summed E-state index contributed by atoms with van der Waals surface area (Å²) in [5.41, 5.74) is -0.331. The van der Waals surface area contributed by atoms with Crippen LogP contribution in [-0.4, -0.2) is 36.6 Å². The molecule has 94 valence electrons. The molecule has 0 aliphatic carbocycles. The van der Waals surface area contributed by atoms with Crippen molar-refractivity contribution in [1.82, 2.24) is 4.90 Å². The van der Waals surface area contributed by atoms with E-state index in [-0.39, 0.29) is 17.5 Å². The summed E-state index contributed by atoms with van der Waals surface area (Å²) in [4.78, 5) is 14.3. The zero-order valence-electron chi connectivity index (χ0n) is 11.1. The molecule has 0 aromatic heterocycles. The van der Waals surface area contributed by atoms with E-state index in [1.165, 1.54) is 0 Å². The van der Waals surface area contributed by atoms with Gasteiger partial charge in [0.15, 0.2) is 0 Å². The Morgan fingerprint density at radius 1 is 1.31 bits per heavy atom. The first kappa shape index (κ1) is 13.5. The molecule has 1 heterocycles. The number of esters is 1. The Morgan fingerprint density at radius 3 is 2.31 bits per heavy atom. The van der Waals surface area contributed by atoms with Crippen molar-refractivity contribution >= 4 is 5.97 Å². The fourth-order valence-corrected chi connectivity index (χ4v) is 1.80. The largest absolute Gasteiger partial charge is 0.462 e. The number of rotatable bonds is 4. The lowest BCUT2D eigenvalue weighted by Gasteiger charge is -2.32. The van der Waals surface area contributed by atoms with Crippen LogP contribution in [0.1, 0.15) is 47.0 Å². The zero-order valence-corrected chi connectivity index (χ0v) is 11.1. The average Bonchev–Trinajstić information content (AvgIpc) is 2.30. The molecule has 1 saturated heterocycles. The van der Waals surface area contributed by atoms with E-state index in [1.807, 2.05) is 20.8 Å². The maximum absolute atomic E-state index is 11.9. The summed E-state index contributed by atoms with van der Waals surface area (Å²) in [6.07, 6.45) is 2.94. The normalized spacial score (nSPS) is 19.8. The number of carbonyl (C=O) groups excluding carboxylic acids is 1. The second-order valence-corrected chi connectivity index (χ2v) is 5.28. The Morgan fingerprint density at radius 2 is 1.88 bits per heavy atom. The molecular weight excluding hydrogens is 202 g/mol. The second kappa shape index (κ2) is 5.67. The van der Waals surface area contributed by atoms with E-state index in [2.05, 4.69) is 11.8 Å². The number of likely N-dealkylation sites (tertiary alicyclic amines) is 1. The van der Waals surface area contributed by atoms with E-state index >= 15 is 0 Å². The van der Waals surface area contributed by atoms with Gasteiger partial charge in [-0.2, -0.15) is 0 Å². The fourth-order valence-electron chi connectivity index (χ4n) is 1.80. The van der Waals surface area contributed by atoms with Crippen LogP contribution in [0.15, 0.2) is 0 Å². The van der Waals surface area contributed by atoms with Crippen molar-refractivity contribution in [3.63, 3.8) is 0 Å². The number of nitrogens with zero attached hydrogens (tertiary/aromatic N) is 1. The van der Waals surface area contributed by atoms with Crippen molar-refractivity contribution in [1.29, 1.82) is 0 Å². The third kappa shape index (κ3) is 3.48. The van der Waals surface area contributed by atoms with E-state index < -0.39 is 0 Å². The van der Waals surface area contributed by atoms with E-state index in [0.717, 1.165) is 38.9 Å². The molecule has 3 nitrogen and oxygen atoms in total. The van der Waals surface area contributed by atoms with Crippen molar-refractivity contribution in [2.75, 3.05) is 19.6 Å². The van der Waals surface area contributed by atoms with Gasteiger partial charge in [-0.15, -0.1) is 0 Å². The van der Waals surface area contributed by atoms with Crippen LogP contribution in [0.4, 0.5) is 0 Å². The molecule has 0 unspecified atom stereocenters. The molecule has 1 fully saturated rings. The summed E-state index contributed by atoms with van der Waals surface area (Å²) in [5.74, 6) is -0.0371. The highest BCUT2D eigenvalue weighted by Crippen LogP contribution is 2.24. The van der Waals surface area contributed by atoms with Gasteiger partial charge in [0.2, 0.25) is 0 Å². The van der Waals surface area contributed by atoms with Gasteiger partial charge < -0.3 is 9.64 Å². The summed E-state index contributed by atoms with van der Waals surface area (Å²) in [6.45, 7) is 11.3. The van der Waals surface area contributed by atoms with E-state index in [9.17, 15) is 4.79 Å². The van der Waals surface area contributed by atoms with E-state index in [4.69, 9.17) is 4.74 Å². The molecule has 1 rings (SSSR count). The molecule has 1 aliphatic heterocycles. The molecule has 0 amide bonds. The minimum Gasteiger partial charge on any atom is -0.462 e. The highest BCUT2D eigenvalue weighted by Gasteiger charge is 2.30. The van der Waals surface area contributed by atoms with Crippen LogP contribution in [-0.2, 0) is 9.53 Å². The quantitative estimate of drug-likeness (QED) is 0.691. The van der Waals surface area contributed by atoms with Crippen LogP contribution < -0.4 is 0 Å². The van der Waals surface area contributed by atoms with Crippen molar-refractivity contribution in [3.8, 4) is 0 Å². The topological polar surface area (TPSA) is 29.5 Å². The predicted molar refractivity (Wildman–Crippen MR) is 65.3 cm³/mol. The summed E-state index contributed by atoms with van der Waals surface area (Å²) in [6, 6.07) is 0. The first-order chi connectivity index (χ1) is 7.49. The number of carbonyl (C=O) groups is 1. The molecule has 0 spiro atoms. The molecular formula is C13H25NO2. The van der Waals surface area contributed by atoms with Crippen molar-refractivity contribution in [2.45, 2.75) is 53.1 Å². The zero-order chi connectivity index (χ0) is 12.2. The van der Waals surface area contributed by atoms with Crippen LogP contribution in [0.2, 0.25) is 0 Å². The Bertz CT molecular complexity index is 230. The SMILES string of the molecule is CCN1CCC(OC(=O)C(C)(C)CC)CC1. The van der Waals surface area contributed by atoms with Crippen LogP contribution in [0.5, 0.6) is 0 Å². The Labute approximate surface area is 99.1 Å². The highest BCUT2D eigenvalue weighted by atomic mass is 16.5. The number of hydrogen-bond donors (Lipinski definition) is 0. The number of hydrogen-bond acceptors (Lipinski definition) is 3. The molecule has 0 radical (unpaired) electrons. The van der Waals surface area contributed by atoms with Gasteiger partial charge >= 0.3 is 5.97 Å². The van der Waals surface area contributed by atoms with Crippen molar-refractivity contribution in [2.24, 2.45) is 5.41 Å². The maximum Gasteiger partial charge on any atom is 0.311 e. The molecule has 0 atom stereocenters. The summed E-state index contributed by atoms with van der Waals surface area (Å²) >= 11 is 0. The van der Waals surface area contributed by atoms with Gasteiger partial charge in [-0.25, -0.2) is 0 Å². The van der Waals surface area contributed by atoms with Gasteiger partial charge in [-0.05, 0) is 39.7 Å². The number of ether oxygens (including phenoxy) is 1. The van der Waals surface area contributed by atoms with Crippen molar-refractivity contribution in [3.05, 3.63) is 0 Å². The first-order valence-electron chi connectivity index (χ1n) is 6.43. The predicted octanol–water partition coefficient (Wildman–Crippen LogP) is 2.45. The Kier molecular flexibility index (Phi) is 4.78. The van der Waals surface area contributed by atoms with E-state index in [0.29, 0.717) is 0 Å². The monoisotopic (exact) mass is 227 g/mol. The highest BCUT2D eigenvalue weighted by molar-refractivity contribution is 5.75. The van der Waals surface area contributed by atoms with Gasteiger partial charge in [0.05, 0.1) is 5.41 Å². The minimum atomic E-state index is -0.331. The fraction of sp³-hybridized carbons (Fsp3) is 0.923. The smallest absolute Gasteiger partial charge is 0.311 e. The number of piperidine rings is 1. The Balaban J connectivity index is 2.36. The van der Waals surface area contributed by atoms with Gasteiger partial charge in [-0.1, -0.05) is 13.8 Å². The third-order valence-corrected chi connectivity index (χ3v) is 3.69. The first-order valence-corrected chi connectivity index (χ1v) is 6.43. The molecule has 1 aliphatic rings. The lowest BCUT2D eigenvalue weighted by Crippen LogP contribution is -2.39. The van der Waals surface area contributed by atoms with Crippen LogP contribution in [0.25, 0.3) is 0 Å². The second-order valence-electron chi connectivity index (χ2n) is 5.28. The minimum absolute atomic E-state index is 0.0371.